The van der Waals surface area contributed by atoms with Crippen molar-refractivity contribution < 1.29 is 4.79 Å². The molecule has 0 bridgehead atoms. The van der Waals surface area contributed by atoms with Crippen LogP contribution in [0.25, 0.3) is 0 Å². The van der Waals surface area contributed by atoms with Crippen molar-refractivity contribution >= 4 is 23.2 Å². The number of halogens is 1. The number of pyridine rings is 1. The first kappa shape index (κ1) is 9.95. The van der Waals surface area contributed by atoms with Gasteiger partial charge in [-0.1, -0.05) is 11.6 Å². The minimum atomic E-state index is -0.559. The van der Waals surface area contributed by atoms with Gasteiger partial charge in [-0.15, -0.1) is 0 Å². The quantitative estimate of drug-likeness (QED) is 0.699. The van der Waals surface area contributed by atoms with Crippen molar-refractivity contribution in [2.24, 2.45) is 5.73 Å². The van der Waals surface area contributed by atoms with Gasteiger partial charge >= 0.3 is 0 Å². The fraction of sp³-hybridized carbons (Fsp3) is 0.250. The molecule has 0 spiro atoms. The van der Waals surface area contributed by atoms with Crippen LogP contribution >= 0.6 is 11.6 Å². The third-order valence-corrected chi connectivity index (χ3v) is 1.73. The van der Waals surface area contributed by atoms with Gasteiger partial charge in [0, 0.05) is 6.20 Å². The zero-order valence-electron chi connectivity index (χ0n) is 7.12. The molecule has 0 aliphatic rings. The molecule has 0 unspecified atom stereocenters. The predicted molar refractivity (Wildman–Crippen MR) is 51.5 cm³/mol. The number of hydrogen-bond donors (Lipinski definition) is 2. The second-order valence-electron chi connectivity index (χ2n) is 2.62. The van der Waals surface area contributed by atoms with E-state index in [-0.39, 0.29) is 11.1 Å². The molecule has 5 heteroatoms. The molecular formula is C8H10ClN3O. The molecule has 1 aromatic heterocycles. The summed E-state index contributed by atoms with van der Waals surface area (Å²) in [5.41, 5.74) is 5.84. The van der Waals surface area contributed by atoms with Gasteiger partial charge in [0.15, 0.2) is 5.15 Å². The van der Waals surface area contributed by atoms with E-state index in [1.165, 1.54) is 0 Å². The van der Waals surface area contributed by atoms with E-state index in [0.29, 0.717) is 5.69 Å². The van der Waals surface area contributed by atoms with Gasteiger partial charge in [-0.25, -0.2) is 4.98 Å². The topological polar surface area (TPSA) is 68.0 Å². The first-order chi connectivity index (χ1) is 6.11. The molecule has 0 aromatic carbocycles. The normalized spacial score (nSPS) is 12.2. The molecule has 1 atom stereocenters. The Morgan fingerprint density at radius 2 is 2.46 bits per heavy atom. The maximum atomic E-state index is 11.1. The number of nitrogens with zero attached hydrogens (tertiary/aromatic N) is 1. The molecule has 3 N–H and O–H groups in total. The smallest absolute Gasteiger partial charge is 0.241 e. The van der Waals surface area contributed by atoms with Crippen LogP contribution in [0.1, 0.15) is 6.92 Å². The SMILES string of the molecule is C[C@@H](N)C(=O)Nc1cccnc1Cl. The average molecular weight is 200 g/mol. The number of nitrogens with one attached hydrogen (secondary N) is 1. The zero-order valence-corrected chi connectivity index (χ0v) is 7.88. The molecule has 1 aromatic rings. The summed E-state index contributed by atoms with van der Waals surface area (Å²) < 4.78 is 0. The second kappa shape index (κ2) is 4.20. The molecular weight excluding hydrogens is 190 g/mol. The summed E-state index contributed by atoms with van der Waals surface area (Å²) in [5.74, 6) is -0.282. The van der Waals surface area contributed by atoms with Crippen molar-refractivity contribution in [1.82, 2.24) is 4.98 Å². The highest BCUT2D eigenvalue weighted by molar-refractivity contribution is 6.32. The zero-order chi connectivity index (χ0) is 9.84. The van der Waals surface area contributed by atoms with Gasteiger partial charge in [-0.05, 0) is 19.1 Å². The largest absolute Gasteiger partial charge is 0.322 e. The highest BCUT2D eigenvalue weighted by Gasteiger charge is 2.09. The summed E-state index contributed by atoms with van der Waals surface area (Å²) in [6, 6.07) is 2.79. The molecule has 1 amide bonds. The summed E-state index contributed by atoms with van der Waals surface area (Å²) in [4.78, 5) is 14.9. The molecule has 70 valence electrons. The van der Waals surface area contributed by atoms with Crippen LogP contribution in [0.5, 0.6) is 0 Å². The monoisotopic (exact) mass is 199 g/mol. The Kier molecular flexibility index (Phi) is 3.22. The maximum Gasteiger partial charge on any atom is 0.241 e. The van der Waals surface area contributed by atoms with E-state index in [2.05, 4.69) is 10.3 Å². The lowest BCUT2D eigenvalue weighted by atomic mass is 10.3. The molecule has 13 heavy (non-hydrogen) atoms. The Hall–Kier alpha value is -1.13. The minimum Gasteiger partial charge on any atom is -0.322 e. The van der Waals surface area contributed by atoms with Gasteiger partial charge in [0.2, 0.25) is 5.91 Å². The Labute approximate surface area is 81.1 Å². The van der Waals surface area contributed by atoms with Crippen LogP contribution in [0.15, 0.2) is 18.3 Å². The third kappa shape index (κ3) is 2.68. The van der Waals surface area contributed by atoms with E-state index in [4.69, 9.17) is 17.3 Å². The maximum absolute atomic E-state index is 11.1. The number of nitrogens with two attached hydrogens (primary N) is 1. The van der Waals surface area contributed by atoms with Gasteiger partial charge in [0.05, 0.1) is 11.7 Å². The highest BCUT2D eigenvalue weighted by Crippen LogP contribution is 2.17. The number of hydrogen-bond acceptors (Lipinski definition) is 3. The highest BCUT2D eigenvalue weighted by atomic mass is 35.5. The number of aromatic nitrogens is 1. The Balaban J connectivity index is 2.75. The van der Waals surface area contributed by atoms with Crippen LogP contribution in [0.3, 0.4) is 0 Å². The number of anilines is 1. The molecule has 1 rings (SSSR count). The summed E-state index contributed by atoms with van der Waals surface area (Å²) in [5, 5.41) is 2.81. The molecule has 4 nitrogen and oxygen atoms in total. The second-order valence-corrected chi connectivity index (χ2v) is 2.98. The molecule has 0 aliphatic heterocycles. The molecule has 0 aliphatic carbocycles. The standard InChI is InChI=1S/C8H10ClN3O/c1-5(10)8(13)12-6-3-2-4-11-7(6)9/h2-5H,10H2,1H3,(H,12,13)/t5-/m1/s1. The predicted octanol–water partition coefficient (Wildman–Crippen LogP) is 1.02. The number of carbonyl (C=O) groups is 1. The van der Waals surface area contributed by atoms with Gasteiger partial charge in [-0.3, -0.25) is 4.79 Å². The van der Waals surface area contributed by atoms with Gasteiger partial charge in [-0.2, -0.15) is 0 Å². The van der Waals surface area contributed by atoms with Crippen LogP contribution in [0, 0.1) is 0 Å². The number of rotatable bonds is 2. The van der Waals surface area contributed by atoms with Gasteiger partial charge in [0.1, 0.15) is 0 Å². The van der Waals surface area contributed by atoms with E-state index in [0.717, 1.165) is 0 Å². The van der Waals surface area contributed by atoms with Gasteiger partial charge < -0.3 is 11.1 Å². The summed E-state index contributed by atoms with van der Waals surface area (Å²) in [6.07, 6.45) is 1.55. The third-order valence-electron chi connectivity index (χ3n) is 1.43. The van der Waals surface area contributed by atoms with E-state index < -0.39 is 6.04 Å². The van der Waals surface area contributed by atoms with E-state index in [9.17, 15) is 4.79 Å². The van der Waals surface area contributed by atoms with Crippen molar-refractivity contribution in [1.29, 1.82) is 0 Å². The van der Waals surface area contributed by atoms with Crippen molar-refractivity contribution in [3.8, 4) is 0 Å². The molecule has 0 radical (unpaired) electrons. The Morgan fingerprint density at radius 1 is 1.77 bits per heavy atom. The summed E-state index contributed by atoms with van der Waals surface area (Å²) in [6.45, 7) is 1.60. The molecule has 0 saturated heterocycles. The Morgan fingerprint density at radius 3 is 3.00 bits per heavy atom. The Bertz CT molecular complexity index is 314. The van der Waals surface area contributed by atoms with Gasteiger partial charge in [0.25, 0.3) is 0 Å². The van der Waals surface area contributed by atoms with Crippen LogP contribution in [-0.2, 0) is 4.79 Å². The lowest BCUT2D eigenvalue weighted by Gasteiger charge is -2.07. The minimum absolute atomic E-state index is 0.261. The van der Waals surface area contributed by atoms with Crippen LogP contribution < -0.4 is 11.1 Å². The van der Waals surface area contributed by atoms with Crippen molar-refractivity contribution in [3.63, 3.8) is 0 Å². The number of amides is 1. The molecule has 1 heterocycles. The number of carbonyl (C=O) groups excluding carboxylic acids is 1. The summed E-state index contributed by atoms with van der Waals surface area (Å²) in [7, 11) is 0. The lowest BCUT2D eigenvalue weighted by Crippen LogP contribution is -2.32. The fourth-order valence-corrected chi connectivity index (χ4v) is 0.892. The van der Waals surface area contributed by atoms with E-state index >= 15 is 0 Å². The molecule has 0 fully saturated rings. The van der Waals surface area contributed by atoms with Crippen LogP contribution in [-0.4, -0.2) is 16.9 Å². The van der Waals surface area contributed by atoms with Crippen molar-refractivity contribution in [2.75, 3.05) is 5.32 Å². The summed E-state index contributed by atoms with van der Waals surface area (Å²) >= 11 is 5.71. The van der Waals surface area contributed by atoms with E-state index in [1.807, 2.05) is 0 Å². The fourth-order valence-electron chi connectivity index (χ4n) is 0.726. The van der Waals surface area contributed by atoms with Crippen LogP contribution in [0.4, 0.5) is 5.69 Å². The van der Waals surface area contributed by atoms with Crippen molar-refractivity contribution in [3.05, 3.63) is 23.5 Å². The molecule has 0 saturated carbocycles. The average Bonchev–Trinajstić information content (AvgIpc) is 2.08. The first-order valence-corrected chi connectivity index (χ1v) is 4.16. The van der Waals surface area contributed by atoms with Crippen molar-refractivity contribution in [2.45, 2.75) is 13.0 Å². The first-order valence-electron chi connectivity index (χ1n) is 3.78. The lowest BCUT2D eigenvalue weighted by molar-refractivity contribution is -0.117. The van der Waals surface area contributed by atoms with Crippen LogP contribution in [0.2, 0.25) is 5.15 Å². The van der Waals surface area contributed by atoms with E-state index in [1.54, 1.807) is 25.3 Å².